The molecule has 0 aromatic rings. The number of rotatable bonds is 32. The summed E-state index contributed by atoms with van der Waals surface area (Å²) >= 11 is 0. The van der Waals surface area contributed by atoms with Gasteiger partial charge in [0.1, 0.15) is 39.6 Å². The number of esters is 6. The minimum atomic E-state index is -8.20. The van der Waals surface area contributed by atoms with E-state index in [9.17, 15) is 77.1 Å². The van der Waals surface area contributed by atoms with Crippen LogP contribution < -0.4 is 0 Å². The normalized spacial score (nSPS) is 13.2. The Morgan fingerprint density at radius 1 is 0.400 bits per heavy atom. The summed E-state index contributed by atoms with van der Waals surface area (Å²) in [5, 5.41) is 0. The van der Waals surface area contributed by atoms with Crippen LogP contribution >= 0.6 is 0 Å². The van der Waals surface area contributed by atoms with Crippen LogP contribution in [0.4, 0.5) is 57.1 Å². The highest BCUT2D eigenvalue weighted by Crippen LogP contribution is 2.60. The van der Waals surface area contributed by atoms with E-state index in [1.807, 2.05) is 0 Å². The molecule has 0 spiro atoms. The van der Waals surface area contributed by atoms with E-state index in [1.165, 1.54) is 0 Å². The van der Waals surface area contributed by atoms with Crippen molar-refractivity contribution in [3.05, 3.63) is 75.9 Å². The molecule has 0 heterocycles. The molecule has 368 valence electrons. The summed E-state index contributed by atoms with van der Waals surface area (Å²) in [4.78, 5) is 71.9. The maximum absolute atomic E-state index is 15.1. The number of hydrogen-bond acceptors (Lipinski definition) is 14. The van der Waals surface area contributed by atoms with E-state index in [4.69, 9.17) is 37.6 Å². The van der Waals surface area contributed by atoms with Crippen LogP contribution in [0.2, 0.25) is 6.04 Å². The minimum absolute atomic E-state index is 0.589. The van der Waals surface area contributed by atoms with Gasteiger partial charge in [-0.1, -0.05) is 39.5 Å². The lowest BCUT2D eigenvalue weighted by molar-refractivity contribution is -0.439. The van der Waals surface area contributed by atoms with Gasteiger partial charge >= 0.3 is 71.6 Å². The predicted molar refractivity (Wildman–Crippen MR) is 196 cm³/mol. The molecule has 0 amide bonds. The van der Waals surface area contributed by atoms with Crippen molar-refractivity contribution in [2.75, 3.05) is 59.1 Å². The molecular weight excluding hydrogens is 943 g/mol. The highest BCUT2D eigenvalue weighted by Gasteiger charge is 2.90. The van der Waals surface area contributed by atoms with Crippen LogP contribution in [0.3, 0.4) is 0 Å². The van der Waals surface area contributed by atoms with E-state index >= 15 is 8.78 Å². The summed E-state index contributed by atoms with van der Waals surface area (Å²) < 4.78 is 222. The van der Waals surface area contributed by atoms with E-state index in [2.05, 4.69) is 39.5 Å². The maximum Gasteiger partial charge on any atom is 0.460 e. The second-order valence-corrected chi connectivity index (χ2v) is 15.8. The van der Waals surface area contributed by atoms with E-state index in [-0.39, 0.29) is 0 Å². The second kappa shape index (κ2) is 24.7. The van der Waals surface area contributed by atoms with E-state index in [0.29, 0.717) is 36.5 Å². The van der Waals surface area contributed by atoms with Crippen LogP contribution in [0.25, 0.3) is 0 Å². The first-order valence-electron chi connectivity index (χ1n) is 17.7. The van der Waals surface area contributed by atoms with Crippen LogP contribution in [-0.4, -0.2) is 140 Å². The summed E-state index contributed by atoms with van der Waals surface area (Å²) in [5.74, 6) is -45.7. The molecule has 0 rings (SSSR count). The fraction of sp³-hybridized carbons (Fsp3) is 0.514. The Bertz CT molecular complexity index is 1630. The van der Waals surface area contributed by atoms with Gasteiger partial charge in [0.15, 0.2) is 0 Å². The zero-order valence-electron chi connectivity index (χ0n) is 33.7. The molecule has 0 fully saturated rings. The number of ether oxygens (including phenoxy) is 7. The Morgan fingerprint density at radius 3 is 0.954 bits per heavy atom. The molecule has 1 unspecified atom stereocenters. The number of carbonyl (C=O) groups is 6. The van der Waals surface area contributed by atoms with Crippen molar-refractivity contribution in [3.63, 3.8) is 0 Å². The van der Waals surface area contributed by atoms with Gasteiger partial charge in [-0.2, -0.15) is 57.1 Å². The van der Waals surface area contributed by atoms with Gasteiger partial charge in [0.05, 0.1) is 23.7 Å². The van der Waals surface area contributed by atoms with E-state index in [0.717, 1.165) is 0 Å². The molecule has 0 bridgehead atoms. The SMILES string of the molecule is C=CC(=O)OCC(COC[SiH](CCC(F)(F)C(F)(F)C(F)(F)C(F)(F)C(F)(F)C(F)(F)F)OCC(COC(=O)C=C)(COC(=O)C=C)COC(=O)C=C)(COC(=O)C=C)COC(=O)C=C. The number of hydrogen-bond donors (Lipinski definition) is 0. The zero-order chi connectivity index (χ0) is 50.7. The molecule has 14 nitrogen and oxygen atoms in total. The van der Waals surface area contributed by atoms with Crippen molar-refractivity contribution < 1.29 is 123 Å². The highest BCUT2D eigenvalue weighted by atomic mass is 28.3. The molecule has 28 heteroatoms. The Kier molecular flexibility index (Phi) is 22.6. The summed E-state index contributed by atoms with van der Waals surface area (Å²) in [6.45, 7) is 10.9. The first-order chi connectivity index (χ1) is 29.8. The molecule has 0 N–H and O–H groups in total. The molecule has 0 aromatic heterocycles. The molecular formula is C37H41F13O14Si. The molecule has 0 saturated heterocycles. The average Bonchev–Trinajstić information content (AvgIpc) is 3.25. The molecule has 0 aliphatic heterocycles. The quantitative estimate of drug-likeness (QED) is 0.0262. The molecule has 65 heavy (non-hydrogen) atoms. The first-order valence-corrected chi connectivity index (χ1v) is 19.8. The predicted octanol–water partition coefficient (Wildman–Crippen LogP) is 5.76. The monoisotopic (exact) mass is 984 g/mol. The van der Waals surface area contributed by atoms with Gasteiger partial charge in [0, 0.05) is 49.5 Å². The number of carbonyl (C=O) groups excluding carboxylic acids is 6. The van der Waals surface area contributed by atoms with Crippen LogP contribution in [-0.2, 0) is 66.4 Å². The second-order valence-electron chi connectivity index (χ2n) is 13.4. The average molecular weight is 985 g/mol. The fourth-order valence-electron chi connectivity index (χ4n) is 4.42. The molecule has 0 aliphatic carbocycles. The van der Waals surface area contributed by atoms with Crippen molar-refractivity contribution >= 4 is 44.9 Å². The Hall–Kier alpha value is -5.51. The van der Waals surface area contributed by atoms with Gasteiger partial charge in [-0.05, 0) is 6.04 Å². The summed E-state index contributed by atoms with van der Waals surface area (Å²) in [6.07, 6.45) is -7.95. The van der Waals surface area contributed by atoms with Crippen molar-refractivity contribution in [1.29, 1.82) is 0 Å². The Labute approximate surface area is 362 Å². The number of halogens is 13. The van der Waals surface area contributed by atoms with Crippen LogP contribution in [0.1, 0.15) is 6.42 Å². The van der Waals surface area contributed by atoms with Crippen LogP contribution in [0.15, 0.2) is 75.9 Å². The van der Waals surface area contributed by atoms with Crippen LogP contribution in [0.5, 0.6) is 0 Å². The lowest BCUT2D eigenvalue weighted by Gasteiger charge is -2.40. The third kappa shape index (κ3) is 16.5. The van der Waals surface area contributed by atoms with Crippen LogP contribution in [0, 0.1) is 10.8 Å². The highest BCUT2D eigenvalue weighted by molar-refractivity contribution is 6.51. The lowest BCUT2D eigenvalue weighted by Crippen LogP contribution is -2.70. The van der Waals surface area contributed by atoms with Gasteiger partial charge in [-0.15, -0.1) is 0 Å². The summed E-state index contributed by atoms with van der Waals surface area (Å²) in [7, 11) is -4.21. The Balaban J connectivity index is 7.47. The third-order valence-corrected chi connectivity index (χ3v) is 10.4. The Morgan fingerprint density at radius 2 is 0.677 bits per heavy atom. The molecule has 1 atom stereocenters. The van der Waals surface area contributed by atoms with Crippen molar-refractivity contribution in [2.45, 2.75) is 48.3 Å². The summed E-state index contributed by atoms with van der Waals surface area (Å²) in [6, 6.07) is -1.70. The first kappa shape index (κ1) is 59.5. The standard InChI is InChI=1S/C37H41F13O14Si/c1-7-24(51)58-16-30(17-59-25(52)8-2,18-60-26(53)9-3)15-57-23-65(14-13-32(38,39)33(40,41)34(42,43)35(44,45)36(46,47)37(48,49)50)64-22-31(19-61-27(54)10-4,20-62-28(55)11-5)21-63-29(56)12-6/h7-12,65H,1-6,13-23H2. The lowest BCUT2D eigenvalue weighted by atomic mass is 9.92. The molecule has 0 saturated carbocycles. The zero-order valence-corrected chi connectivity index (χ0v) is 34.8. The van der Waals surface area contributed by atoms with Gasteiger partial charge in [0.2, 0.25) is 9.04 Å². The van der Waals surface area contributed by atoms with E-state index < -0.39 is 163 Å². The summed E-state index contributed by atoms with van der Waals surface area (Å²) in [5.41, 5.74) is -4.18. The minimum Gasteiger partial charge on any atom is -0.462 e. The largest absolute Gasteiger partial charge is 0.462 e. The van der Waals surface area contributed by atoms with Crippen molar-refractivity contribution in [1.82, 2.24) is 0 Å². The fourth-order valence-corrected chi connectivity index (χ4v) is 6.50. The molecule has 0 aliphatic rings. The van der Waals surface area contributed by atoms with E-state index in [1.54, 1.807) is 0 Å². The molecule has 0 radical (unpaired) electrons. The number of alkyl halides is 13. The van der Waals surface area contributed by atoms with Crippen molar-refractivity contribution in [2.24, 2.45) is 10.8 Å². The van der Waals surface area contributed by atoms with Gasteiger partial charge < -0.3 is 37.6 Å². The van der Waals surface area contributed by atoms with Crippen molar-refractivity contribution in [3.8, 4) is 0 Å². The topological polar surface area (TPSA) is 176 Å². The third-order valence-electron chi connectivity index (χ3n) is 8.24. The van der Waals surface area contributed by atoms with Gasteiger partial charge in [-0.25, -0.2) is 28.8 Å². The smallest absolute Gasteiger partial charge is 0.460 e. The maximum atomic E-state index is 15.1. The molecule has 0 aromatic carbocycles. The van der Waals surface area contributed by atoms with Gasteiger partial charge in [-0.3, -0.25) is 0 Å². The van der Waals surface area contributed by atoms with Gasteiger partial charge in [0.25, 0.3) is 0 Å².